The van der Waals surface area contributed by atoms with Crippen molar-refractivity contribution in [1.82, 2.24) is 5.32 Å². The second-order valence-corrected chi connectivity index (χ2v) is 5.72. The molecule has 0 radical (unpaired) electrons. The molecule has 112 valence electrons. The fourth-order valence-corrected chi connectivity index (χ4v) is 2.61. The molecule has 2 aromatic rings. The minimum atomic E-state index is -0.161. The van der Waals surface area contributed by atoms with E-state index in [1.165, 1.54) is 6.07 Å². The highest BCUT2D eigenvalue weighted by Gasteiger charge is 2.14. The maximum atomic E-state index is 13.5. The van der Waals surface area contributed by atoms with Gasteiger partial charge in [-0.15, -0.1) is 0 Å². The van der Waals surface area contributed by atoms with Crippen LogP contribution in [0.15, 0.2) is 42.5 Å². The molecular weight excluding hydrogens is 285 g/mol. The zero-order valence-corrected chi connectivity index (χ0v) is 13.3. The Bertz CT molecular complexity index is 598. The van der Waals surface area contributed by atoms with Crippen molar-refractivity contribution in [2.45, 2.75) is 32.7 Å². The first kappa shape index (κ1) is 16.0. The van der Waals surface area contributed by atoms with Crippen LogP contribution in [0.5, 0.6) is 0 Å². The van der Waals surface area contributed by atoms with E-state index in [1.54, 1.807) is 6.92 Å². The average Bonchev–Trinajstić information content (AvgIpc) is 2.48. The molecule has 0 bridgehead atoms. The van der Waals surface area contributed by atoms with Crippen molar-refractivity contribution >= 4 is 11.6 Å². The quantitative estimate of drug-likeness (QED) is 0.785. The van der Waals surface area contributed by atoms with Crippen LogP contribution in [0.3, 0.4) is 0 Å². The van der Waals surface area contributed by atoms with Gasteiger partial charge in [-0.1, -0.05) is 48.9 Å². The summed E-state index contributed by atoms with van der Waals surface area (Å²) < 4.78 is 13.5. The van der Waals surface area contributed by atoms with Gasteiger partial charge >= 0.3 is 0 Å². The van der Waals surface area contributed by atoms with E-state index in [0.717, 1.165) is 35.5 Å². The Kier molecular flexibility index (Phi) is 5.77. The van der Waals surface area contributed by atoms with Gasteiger partial charge < -0.3 is 5.32 Å². The van der Waals surface area contributed by atoms with Gasteiger partial charge in [0.1, 0.15) is 5.82 Å². The van der Waals surface area contributed by atoms with Crippen molar-refractivity contribution in [3.05, 3.63) is 70.0 Å². The highest BCUT2D eigenvalue weighted by atomic mass is 35.5. The summed E-state index contributed by atoms with van der Waals surface area (Å²) in [5.41, 5.74) is 2.88. The number of benzene rings is 2. The zero-order valence-electron chi connectivity index (χ0n) is 12.5. The molecule has 1 N–H and O–H groups in total. The molecule has 3 heteroatoms. The third kappa shape index (κ3) is 4.29. The van der Waals surface area contributed by atoms with Crippen molar-refractivity contribution < 1.29 is 4.39 Å². The number of rotatable bonds is 6. The molecule has 1 nitrogen and oxygen atoms in total. The van der Waals surface area contributed by atoms with Crippen LogP contribution in [-0.2, 0) is 6.42 Å². The van der Waals surface area contributed by atoms with Gasteiger partial charge in [0.25, 0.3) is 0 Å². The van der Waals surface area contributed by atoms with Gasteiger partial charge in [-0.2, -0.15) is 0 Å². The van der Waals surface area contributed by atoms with Crippen LogP contribution in [-0.4, -0.2) is 6.54 Å². The summed E-state index contributed by atoms with van der Waals surface area (Å²) in [5.74, 6) is -0.161. The fraction of sp³-hybridized carbons (Fsp3) is 0.333. The average molecular weight is 306 g/mol. The first-order chi connectivity index (χ1) is 10.1. The molecule has 2 rings (SSSR count). The van der Waals surface area contributed by atoms with Gasteiger partial charge in [0, 0.05) is 11.1 Å². The molecule has 0 saturated carbocycles. The van der Waals surface area contributed by atoms with Gasteiger partial charge in [0.2, 0.25) is 0 Å². The number of aryl methyl sites for hydroxylation is 1. The molecule has 0 aromatic heterocycles. The zero-order chi connectivity index (χ0) is 15.2. The summed E-state index contributed by atoms with van der Waals surface area (Å²) in [5, 5.41) is 4.30. The summed E-state index contributed by atoms with van der Waals surface area (Å²) in [7, 11) is 0. The fourth-order valence-electron chi connectivity index (χ4n) is 2.39. The van der Waals surface area contributed by atoms with Crippen LogP contribution in [0.2, 0.25) is 5.02 Å². The van der Waals surface area contributed by atoms with E-state index in [0.29, 0.717) is 5.56 Å². The first-order valence-corrected chi connectivity index (χ1v) is 7.72. The molecule has 0 heterocycles. The lowest BCUT2D eigenvalue weighted by Crippen LogP contribution is -2.24. The topological polar surface area (TPSA) is 12.0 Å². The van der Waals surface area contributed by atoms with Gasteiger partial charge in [0.05, 0.1) is 0 Å². The van der Waals surface area contributed by atoms with E-state index < -0.39 is 0 Å². The Hall–Kier alpha value is -1.38. The van der Waals surface area contributed by atoms with Gasteiger partial charge in [-0.05, 0) is 55.1 Å². The summed E-state index contributed by atoms with van der Waals surface area (Å²) in [6, 6.07) is 13.3. The Morgan fingerprint density at radius 2 is 1.95 bits per heavy atom. The SMILES string of the molecule is CCCNC(Cc1ccccc1Cl)c1ccc(F)c(C)c1. The lowest BCUT2D eigenvalue weighted by atomic mass is 9.97. The van der Waals surface area contributed by atoms with Crippen molar-refractivity contribution in [1.29, 1.82) is 0 Å². The van der Waals surface area contributed by atoms with Gasteiger partial charge in [0.15, 0.2) is 0 Å². The maximum absolute atomic E-state index is 13.5. The van der Waals surface area contributed by atoms with Gasteiger partial charge in [-0.25, -0.2) is 4.39 Å². The largest absolute Gasteiger partial charge is 0.310 e. The Labute approximate surface area is 131 Å². The molecule has 0 aliphatic heterocycles. The summed E-state index contributed by atoms with van der Waals surface area (Å²) >= 11 is 6.26. The number of halogens is 2. The molecule has 0 spiro atoms. The Morgan fingerprint density at radius 3 is 2.62 bits per heavy atom. The molecule has 2 aromatic carbocycles. The molecule has 0 amide bonds. The minimum Gasteiger partial charge on any atom is -0.310 e. The van der Waals surface area contributed by atoms with Crippen molar-refractivity contribution in [3.8, 4) is 0 Å². The molecule has 1 unspecified atom stereocenters. The normalized spacial score (nSPS) is 12.4. The van der Waals surface area contributed by atoms with Crippen LogP contribution in [0.25, 0.3) is 0 Å². The summed E-state index contributed by atoms with van der Waals surface area (Å²) in [6.45, 7) is 4.85. The highest BCUT2D eigenvalue weighted by molar-refractivity contribution is 6.31. The van der Waals surface area contributed by atoms with E-state index in [1.807, 2.05) is 36.4 Å². The first-order valence-electron chi connectivity index (χ1n) is 7.34. The standard InChI is InChI=1S/C18H21ClFN/c1-3-10-21-18(12-14-6-4-5-7-16(14)19)15-8-9-17(20)13(2)11-15/h4-9,11,18,21H,3,10,12H2,1-2H3. The smallest absolute Gasteiger partial charge is 0.126 e. The molecule has 0 aliphatic carbocycles. The van der Waals surface area contributed by atoms with Crippen LogP contribution < -0.4 is 5.32 Å². The minimum absolute atomic E-state index is 0.143. The summed E-state index contributed by atoms with van der Waals surface area (Å²) in [6.07, 6.45) is 1.85. The van der Waals surface area contributed by atoms with Crippen molar-refractivity contribution in [3.63, 3.8) is 0 Å². The Balaban J connectivity index is 2.25. The highest BCUT2D eigenvalue weighted by Crippen LogP contribution is 2.24. The number of nitrogens with one attached hydrogen (secondary N) is 1. The maximum Gasteiger partial charge on any atom is 0.126 e. The second-order valence-electron chi connectivity index (χ2n) is 5.31. The van der Waals surface area contributed by atoms with E-state index in [-0.39, 0.29) is 11.9 Å². The van der Waals surface area contributed by atoms with Crippen molar-refractivity contribution in [2.24, 2.45) is 0 Å². The molecule has 1 atom stereocenters. The lowest BCUT2D eigenvalue weighted by molar-refractivity contribution is 0.527. The number of hydrogen-bond acceptors (Lipinski definition) is 1. The molecule has 21 heavy (non-hydrogen) atoms. The predicted octanol–water partition coefficient (Wildman–Crippen LogP) is 5.07. The van der Waals surface area contributed by atoms with Crippen LogP contribution in [0.4, 0.5) is 4.39 Å². The number of hydrogen-bond donors (Lipinski definition) is 1. The van der Waals surface area contributed by atoms with Crippen LogP contribution >= 0.6 is 11.6 Å². The van der Waals surface area contributed by atoms with E-state index in [2.05, 4.69) is 12.2 Å². The van der Waals surface area contributed by atoms with Crippen LogP contribution in [0, 0.1) is 12.7 Å². The second kappa shape index (κ2) is 7.58. The summed E-state index contributed by atoms with van der Waals surface area (Å²) in [4.78, 5) is 0. The monoisotopic (exact) mass is 305 g/mol. The van der Waals surface area contributed by atoms with Crippen LogP contribution in [0.1, 0.15) is 36.1 Å². The van der Waals surface area contributed by atoms with Crippen molar-refractivity contribution in [2.75, 3.05) is 6.54 Å². The molecule has 0 fully saturated rings. The lowest BCUT2D eigenvalue weighted by Gasteiger charge is -2.20. The Morgan fingerprint density at radius 1 is 1.19 bits per heavy atom. The van der Waals surface area contributed by atoms with E-state index in [9.17, 15) is 4.39 Å². The van der Waals surface area contributed by atoms with Gasteiger partial charge in [-0.3, -0.25) is 0 Å². The van der Waals surface area contributed by atoms with E-state index >= 15 is 0 Å². The van der Waals surface area contributed by atoms with E-state index in [4.69, 9.17) is 11.6 Å². The third-order valence-corrected chi connectivity index (χ3v) is 3.98. The predicted molar refractivity (Wildman–Crippen MR) is 87.3 cm³/mol. The molecule has 0 saturated heterocycles. The third-order valence-electron chi connectivity index (χ3n) is 3.61. The molecule has 0 aliphatic rings. The molecular formula is C18H21ClFN.